The molecule has 3 rings (SSSR count). The zero-order valence-electron chi connectivity index (χ0n) is 19.3. The molecule has 2 heterocycles. The number of anilines is 2. The van der Waals surface area contributed by atoms with Gasteiger partial charge in [-0.3, -0.25) is 9.79 Å². The summed E-state index contributed by atoms with van der Waals surface area (Å²) in [6, 6.07) is 7.38. The van der Waals surface area contributed by atoms with Gasteiger partial charge in [-0.2, -0.15) is 0 Å². The van der Waals surface area contributed by atoms with Crippen molar-refractivity contribution < 1.29 is 14.3 Å². The normalized spacial score (nSPS) is 13.7. The Morgan fingerprint density at radius 2 is 1.88 bits per heavy atom. The molecule has 1 aromatic heterocycles. The molecule has 2 aromatic rings. The van der Waals surface area contributed by atoms with Crippen LogP contribution in [0.5, 0.6) is 11.5 Å². The molecule has 2 N–H and O–H groups in total. The molecule has 0 atom stereocenters. The number of carbonyl (C=O) groups is 1. The van der Waals surface area contributed by atoms with Gasteiger partial charge in [0.05, 0.1) is 13.7 Å². The number of aromatic nitrogens is 2. The summed E-state index contributed by atoms with van der Waals surface area (Å²) in [5, 5.41) is 6.40. The molecule has 0 aliphatic carbocycles. The van der Waals surface area contributed by atoms with Crippen LogP contribution in [-0.2, 0) is 4.79 Å². The number of nitrogens with one attached hydrogen (secondary N) is 2. The van der Waals surface area contributed by atoms with E-state index in [2.05, 4.69) is 30.5 Å². The average Bonchev–Trinajstić information content (AvgIpc) is 2.85. The van der Waals surface area contributed by atoms with Crippen LogP contribution in [-0.4, -0.2) is 80.2 Å². The lowest BCUT2D eigenvalue weighted by atomic mass is 10.2. The fraction of sp³-hybridized carbons (Fsp3) is 0.455. The third kappa shape index (κ3) is 7.62. The number of carbonyl (C=O) groups excluding carboxylic acids is 1. The monoisotopic (exact) mass is 569 g/mol. The molecule has 0 saturated carbocycles. The molecule has 1 saturated heterocycles. The molecule has 0 bridgehead atoms. The van der Waals surface area contributed by atoms with Gasteiger partial charge in [-0.25, -0.2) is 9.97 Å². The number of amides is 1. The minimum atomic E-state index is 0. The second kappa shape index (κ2) is 13.7. The van der Waals surface area contributed by atoms with Crippen LogP contribution in [0.15, 0.2) is 41.7 Å². The number of rotatable bonds is 8. The quantitative estimate of drug-likeness (QED) is 0.284. The molecule has 1 aromatic carbocycles. The van der Waals surface area contributed by atoms with Crippen LogP contribution in [0.1, 0.15) is 13.3 Å². The van der Waals surface area contributed by atoms with E-state index < -0.39 is 0 Å². The van der Waals surface area contributed by atoms with Crippen molar-refractivity contribution >= 4 is 47.5 Å². The summed E-state index contributed by atoms with van der Waals surface area (Å²) in [6.45, 7) is 5.75. The van der Waals surface area contributed by atoms with Gasteiger partial charge in [-0.15, -0.1) is 24.0 Å². The Morgan fingerprint density at radius 1 is 1.15 bits per heavy atom. The molecular weight excluding hydrogens is 537 g/mol. The predicted molar refractivity (Wildman–Crippen MR) is 140 cm³/mol. The second-order valence-corrected chi connectivity index (χ2v) is 7.09. The van der Waals surface area contributed by atoms with Crippen molar-refractivity contribution in [2.75, 3.05) is 63.7 Å². The van der Waals surface area contributed by atoms with Crippen molar-refractivity contribution in [1.29, 1.82) is 0 Å². The topological polar surface area (TPSA) is 104 Å². The summed E-state index contributed by atoms with van der Waals surface area (Å²) in [7, 11) is 3.29. The number of methoxy groups -OCH3 is 1. The summed E-state index contributed by atoms with van der Waals surface area (Å²) in [4.78, 5) is 29.4. The predicted octanol–water partition coefficient (Wildman–Crippen LogP) is 2.23. The molecule has 1 aliphatic rings. The molecule has 180 valence electrons. The van der Waals surface area contributed by atoms with Crippen molar-refractivity contribution in [2.45, 2.75) is 13.3 Å². The summed E-state index contributed by atoms with van der Waals surface area (Å²) in [5.74, 6) is 2.73. The van der Waals surface area contributed by atoms with E-state index in [1.54, 1.807) is 32.6 Å². The Labute approximate surface area is 211 Å². The number of nitrogens with zero attached hydrogens (tertiary/aromatic N) is 5. The van der Waals surface area contributed by atoms with Gasteiger partial charge in [-0.05, 0) is 25.1 Å². The molecular formula is C22H32IN7O3. The van der Waals surface area contributed by atoms with E-state index in [9.17, 15) is 4.79 Å². The fourth-order valence-corrected chi connectivity index (χ4v) is 3.39. The Balaban J connectivity index is 0.00000385. The highest BCUT2D eigenvalue weighted by Crippen LogP contribution is 2.30. The second-order valence-electron chi connectivity index (χ2n) is 7.09. The Morgan fingerprint density at radius 3 is 2.52 bits per heavy atom. The number of ether oxygens (including phenoxy) is 2. The van der Waals surface area contributed by atoms with E-state index in [0.717, 1.165) is 18.8 Å². The number of benzene rings is 1. The Bertz CT molecular complexity index is 906. The first-order valence-electron chi connectivity index (χ1n) is 10.7. The van der Waals surface area contributed by atoms with Gasteiger partial charge in [0.15, 0.2) is 17.5 Å². The van der Waals surface area contributed by atoms with Crippen molar-refractivity contribution in [3.63, 3.8) is 0 Å². The zero-order chi connectivity index (χ0) is 22.8. The highest BCUT2D eigenvalue weighted by molar-refractivity contribution is 14.0. The molecule has 1 fully saturated rings. The highest BCUT2D eigenvalue weighted by Gasteiger charge is 2.22. The average molecular weight is 569 g/mol. The molecule has 11 heteroatoms. The van der Waals surface area contributed by atoms with Gasteiger partial charge < -0.3 is 29.9 Å². The van der Waals surface area contributed by atoms with E-state index in [0.29, 0.717) is 56.1 Å². The largest absolute Gasteiger partial charge is 0.493 e. The lowest BCUT2D eigenvalue weighted by Gasteiger charge is -2.34. The number of piperazine rings is 1. The van der Waals surface area contributed by atoms with Gasteiger partial charge in [0.25, 0.3) is 0 Å². The van der Waals surface area contributed by atoms with E-state index in [-0.39, 0.29) is 29.9 Å². The molecule has 10 nitrogen and oxygen atoms in total. The van der Waals surface area contributed by atoms with Gasteiger partial charge >= 0.3 is 0 Å². The third-order valence-corrected chi connectivity index (χ3v) is 5.05. The first-order chi connectivity index (χ1) is 15.6. The maximum absolute atomic E-state index is 12.6. The van der Waals surface area contributed by atoms with Crippen molar-refractivity contribution in [1.82, 2.24) is 20.2 Å². The molecule has 33 heavy (non-hydrogen) atoms. The molecule has 1 amide bonds. The maximum atomic E-state index is 12.6. The standard InChI is InChI=1S/C22H31N7O3.HI/c1-4-32-18-7-6-17(16-19(18)31-3)27-21(23-2)24-11-8-20(30)28-12-14-29(15-13-28)22-25-9-5-10-26-22;/h5-7,9-10,16H,4,8,11-15H2,1-3H3,(H2,23,24,27);1H. The first kappa shape index (κ1) is 26.4. The lowest BCUT2D eigenvalue weighted by Crippen LogP contribution is -2.49. The van der Waals surface area contributed by atoms with Crippen LogP contribution in [0, 0.1) is 0 Å². The van der Waals surface area contributed by atoms with Crippen molar-refractivity contribution in [2.24, 2.45) is 4.99 Å². The Hall–Kier alpha value is -2.83. The minimum Gasteiger partial charge on any atom is -0.493 e. The SMILES string of the molecule is CCOc1ccc(NC(=NC)NCCC(=O)N2CCN(c3ncccn3)CC2)cc1OC.I. The number of hydrogen-bond acceptors (Lipinski definition) is 7. The van der Waals surface area contributed by atoms with Crippen LogP contribution in [0.25, 0.3) is 0 Å². The van der Waals surface area contributed by atoms with E-state index in [4.69, 9.17) is 9.47 Å². The van der Waals surface area contributed by atoms with Crippen LogP contribution in [0.4, 0.5) is 11.6 Å². The highest BCUT2D eigenvalue weighted by atomic mass is 127. The summed E-state index contributed by atoms with van der Waals surface area (Å²) >= 11 is 0. The maximum Gasteiger partial charge on any atom is 0.225 e. The molecule has 1 aliphatic heterocycles. The van der Waals surface area contributed by atoms with Crippen LogP contribution in [0.3, 0.4) is 0 Å². The number of aliphatic imine (C=N–C) groups is 1. The zero-order valence-corrected chi connectivity index (χ0v) is 21.6. The van der Waals surface area contributed by atoms with Gasteiger partial charge in [-0.1, -0.05) is 0 Å². The van der Waals surface area contributed by atoms with Crippen LogP contribution in [0.2, 0.25) is 0 Å². The molecule has 0 spiro atoms. The van der Waals surface area contributed by atoms with Crippen LogP contribution < -0.4 is 25.0 Å². The van der Waals surface area contributed by atoms with E-state index in [1.165, 1.54) is 0 Å². The fourth-order valence-electron chi connectivity index (χ4n) is 3.39. The first-order valence-corrected chi connectivity index (χ1v) is 10.7. The minimum absolute atomic E-state index is 0. The molecule has 0 unspecified atom stereocenters. The van der Waals surface area contributed by atoms with Gasteiger partial charge in [0.2, 0.25) is 11.9 Å². The van der Waals surface area contributed by atoms with Crippen LogP contribution >= 0.6 is 24.0 Å². The van der Waals surface area contributed by atoms with Gasteiger partial charge in [0.1, 0.15) is 0 Å². The number of halogens is 1. The number of hydrogen-bond donors (Lipinski definition) is 2. The summed E-state index contributed by atoms with van der Waals surface area (Å²) < 4.78 is 10.9. The van der Waals surface area contributed by atoms with E-state index >= 15 is 0 Å². The third-order valence-electron chi connectivity index (χ3n) is 5.05. The smallest absolute Gasteiger partial charge is 0.225 e. The van der Waals surface area contributed by atoms with Crippen molar-refractivity contribution in [3.8, 4) is 11.5 Å². The van der Waals surface area contributed by atoms with Gasteiger partial charge in [0, 0.05) is 70.3 Å². The number of guanidine groups is 1. The Kier molecular flexibility index (Phi) is 10.9. The van der Waals surface area contributed by atoms with Crippen molar-refractivity contribution in [3.05, 3.63) is 36.7 Å². The molecule has 0 radical (unpaired) electrons. The summed E-state index contributed by atoms with van der Waals surface area (Å²) in [6.07, 6.45) is 3.85. The summed E-state index contributed by atoms with van der Waals surface area (Å²) in [5.41, 5.74) is 0.809. The van der Waals surface area contributed by atoms with E-state index in [1.807, 2.05) is 30.0 Å². The lowest BCUT2D eigenvalue weighted by molar-refractivity contribution is -0.131.